The molecule has 1 spiro atoms. The quantitative estimate of drug-likeness (QED) is 0.765. The maximum absolute atomic E-state index is 12.4. The summed E-state index contributed by atoms with van der Waals surface area (Å²) in [5, 5.41) is 2.78. The van der Waals surface area contributed by atoms with E-state index in [-0.39, 0.29) is 30.7 Å². The molecule has 0 aromatic heterocycles. The van der Waals surface area contributed by atoms with E-state index in [9.17, 15) is 18.0 Å². The number of carbonyl (C=O) groups is 2. The molecule has 2 saturated heterocycles. The van der Waals surface area contributed by atoms with E-state index in [2.05, 4.69) is 5.32 Å². The van der Waals surface area contributed by atoms with Crippen molar-refractivity contribution in [2.24, 2.45) is 11.3 Å². The van der Waals surface area contributed by atoms with Crippen molar-refractivity contribution >= 4 is 21.8 Å². The maximum atomic E-state index is 12.4. The van der Waals surface area contributed by atoms with Crippen molar-refractivity contribution < 1.29 is 18.0 Å². The largest absolute Gasteiger partial charge is 0.355 e. The van der Waals surface area contributed by atoms with Gasteiger partial charge < -0.3 is 10.2 Å². The highest BCUT2D eigenvalue weighted by atomic mass is 32.2. The fourth-order valence-corrected chi connectivity index (χ4v) is 4.09. The van der Waals surface area contributed by atoms with Crippen LogP contribution in [0.4, 0.5) is 0 Å². The first-order chi connectivity index (χ1) is 10.1. The highest BCUT2D eigenvalue weighted by molar-refractivity contribution is 7.88. The molecule has 8 heteroatoms. The normalized spacial score (nSPS) is 27.3. The van der Waals surface area contributed by atoms with Crippen molar-refractivity contribution in [3.8, 4) is 0 Å². The number of nitrogens with zero attached hydrogens (tertiary/aromatic N) is 2. The Morgan fingerprint density at radius 2 is 2.00 bits per heavy atom. The monoisotopic (exact) mass is 331 g/mol. The summed E-state index contributed by atoms with van der Waals surface area (Å²) in [4.78, 5) is 25.8. The molecule has 0 aromatic rings. The Morgan fingerprint density at radius 1 is 1.32 bits per heavy atom. The second-order valence-electron chi connectivity index (χ2n) is 6.96. The van der Waals surface area contributed by atoms with Gasteiger partial charge in [0, 0.05) is 51.0 Å². The Hall–Kier alpha value is -1.15. The SMILES string of the molecule is CC(C)CC(=O)N1CCN(S(C)(=O)=O)CC2(CNC(=O)C2)C1. The van der Waals surface area contributed by atoms with E-state index in [0.717, 1.165) is 0 Å². The Bertz CT molecular complexity index is 560. The minimum atomic E-state index is -3.35. The summed E-state index contributed by atoms with van der Waals surface area (Å²) in [6.45, 7) is 5.78. The van der Waals surface area contributed by atoms with Crippen LogP contribution in [-0.2, 0) is 19.6 Å². The molecule has 7 nitrogen and oxygen atoms in total. The zero-order chi connectivity index (χ0) is 16.5. The molecule has 0 bridgehead atoms. The summed E-state index contributed by atoms with van der Waals surface area (Å²) >= 11 is 0. The summed E-state index contributed by atoms with van der Waals surface area (Å²) in [7, 11) is -3.35. The molecule has 2 aliphatic rings. The molecule has 1 N–H and O–H groups in total. The Kier molecular flexibility index (Phi) is 4.81. The molecule has 2 rings (SSSR count). The van der Waals surface area contributed by atoms with Crippen molar-refractivity contribution in [3.05, 3.63) is 0 Å². The molecule has 2 fully saturated rings. The standard InChI is InChI=1S/C14H25N3O4S/c1-11(2)6-13(19)16-4-5-17(22(3,20)21)10-14(9-16)7-12(18)15-8-14/h11H,4-10H2,1-3H3,(H,15,18). The molecule has 2 aliphatic heterocycles. The van der Waals surface area contributed by atoms with Crippen molar-refractivity contribution in [1.29, 1.82) is 0 Å². The number of sulfonamides is 1. The number of carbonyl (C=O) groups excluding carboxylic acids is 2. The minimum absolute atomic E-state index is 0.0316. The summed E-state index contributed by atoms with van der Waals surface area (Å²) in [6.07, 6.45) is 1.89. The van der Waals surface area contributed by atoms with Crippen LogP contribution in [0, 0.1) is 11.3 Å². The van der Waals surface area contributed by atoms with Gasteiger partial charge in [0.1, 0.15) is 0 Å². The number of rotatable bonds is 3. The first kappa shape index (κ1) is 17.2. The van der Waals surface area contributed by atoms with E-state index in [0.29, 0.717) is 32.6 Å². The van der Waals surface area contributed by atoms with Crippen LogP contribution in [0.2, 0.25) is 0 Å². The van der Waals surface area contributed by atoms with E-state index in [1.54, 1.807) is 4.90 Å². The van der Waals surface area contributed by atoms with Gasteiger partial charge in [0.25, 0.3) is 0 Å². The second-order valence-corrected chi connectivity index (χ2v) is 8.95. The molecule has 126 valence electrons. The summed E-state index contributed by atoms with van der Waals surface area (Å²) in [5.41, 5.74) is -0.511. The molecule has 22 heavy (non-hydrogen) atoms. The molecule has 0 aromatic carbocycles. The Morgan fingerprint density at radius 3 is 2.50 bits per heavy atom. The predicted octanol–water partition coefficient (Wildman–Crippen LogP) is -0.357. The van der Waals surface area contributed by atoms with Gasteiger partial charge in [0.15, 0.2) is 0 Å². The topological polar surface area (TPSA) is 86.8 Å². The number of hydrogen-bond acceptors (Lipinski definition) is 4. The van der Waals surface area contributed by atoms with E-state index >= 15 is 0 Å². The van der Waals surface area contributed by atoms with Crippen LogP contribution in [0.1, 0.15) is 26.7 Å². The third-order valence-corrected chi connectivity index (χ3v) is 5.51. The Labute approximate surface area is 132 Å². The van der Waals surface area contributed by atoms with E-state index in [4.69, 9.17) is 0 Å². The average Bonchev–Trinajstić information content (AvgIpc) is 2.61. The van der Waals surface area contributed by atoms with Crippen LogP contribution in [0.3, 0.4) is 0 Å². The molecule has 1 atom stereocenters. The van der Waals surface area contributed by atoms with Crippen LogP contribution in [0.25, 0.3) is 0 Å². The zero-order valence-electron chi connectivity index (χ0n) is 13.5. The average molecular weight is 331 g/mol. The molecule has 1 unspecified atom stereocenters. The highest BCUT2D eigenvalue weighted by Gasteiger charge is 2.45. The summed E-state index contributed by atoms with van der Waals surface area (Å²) < 4.78 is 25.3. The number of hydrogen-bond donors (Lipinski definition) is 1. The van der Waals surface area contributed by atoms with Gasteiger partial charge in [-0.2, -0.15) is 4.31 Å². The smallest absolute Gasteiger partial charge is 0.222 e. The Balaban J connectivity index is 2.23. The lowest BCUT2D eigenvalue weighted by molar-refractivity contribution is -0.133. The summed E-state index contributed by atoms with van der Waals surface area (Å²) in [5.74, 6) is 0.205. The lowest BCUT2D eigenvalue weighted by atomic mass is 9.86. The van der Waals surface area contributed by atoms with Crippen LogP contribution in [0.15, 0.2) is 0 Å². The predicted molar refractivity (Wildman–Crippen MR) is 82.5 cm³/mol. The van der Waals surface area contributed by atoms with E-state index in [1.807, 2.05) is 13.8 Å². The molecular formula is C14H25N3O4S. The van der Waals surface area contributed by atoms with Gasteiger partial charge in [0.2, 0.25) is 21.8 Å². The first-order valence-corrected chi connectivity index (χ1v) is 9.46. The molecule has 2 amide bonds. The fraction of sp³-hybridized carbons (Fsp3) is 0.857. The van der Waals surface area contributed by atoms with Crippen molar-refractivity contribution in [1.82, 2.24) is 14.5 Å². The number of nitrogens with one attached hydrogen (secondary N) is 1. The second kappa shape index (κ2) is 6.16. The van der Waals surface area contributed by atoms with Gasteiger partial charge in [-0.1, -0.05) is 13.8 Å². The van der Waals surface area contributed by atoms with Gasteiger partial charge in [-0.25, -0.2) is 8.42 Å². The molecule has 0 aliphatic carbocycles. The molecular weight excluding hydrogens is 306 g/mol. The summed E-state index contributed by atoms with van der Waals surface area (Å²) in [6, 6.07) is 0. The molecule has 0 radical (unpaired) electrons. The highest BCUT2D eigenvalue weighted by Crippen LogP contribution is 2.32. The van der Waals surface area contributed by atoms with Crippen LogP contribution in [-0.4, -0.2) is 68.4 Å². The molecule has 2 heterocycles. The van der Waals surface area contributed by atoms with Crippen molar-refractivity contribution in [2.75, 3.05) is 39.0 Å². The van der Waals surface area contributed by atoms with Crippen molar-refractivity contribution in [2.45, 2.75) is 26.7 Å². The van der Waals surface area contributed by atoms with Gasteiger partial charge in [-0.3, -0.25) is 9.59 Å². The van der Waals surface area contributed by atoms with Crippen LogP contribution < -0.4 is 5.32 Å². The third kappa shape index (κ3) is 3.98. The first-order valence-electron chi connectivity index (χ1n) is 7.61. The lowest BCUT2D eigenvalue weighted by Gasteiger charge is -2.32. The van der Waals surface area contributed by atoms with E-state index < -0.39 is 15.4 Å². The molecule has 0 saturated carbocycles. The lowest BCUT2D eigenvalue weighted by Crippen LogP contribution is -2.45. The van der Waals surface area contributed by atoms with Gasteiger partial charge in [0.05, 0.1) is 6.26 Å². The third-order valence-electron chi connectivity index (χ3n) is 4.26. The fourth-order valence-electron chi connectivity index (χ4n) is 3.17. The zero-order valence-corrected chi connectivity index (χ0v) is 14.3. The van der Waals surface area contributed by atoms with Crippen LogP contribution >= 0.6 is 0 Å². The minimum Gasteiger partial charge on any atom is -0.355 e. The van der Waals surface area contributed by atoms with Crippen molar-refractivity contribution in [3.63, 3.8) is 0 Å². The van der Waals surface area contributed by atoms with Crippen LogP contribution in [0.5, 0.6) is 0 Å². The maximum Gasteiger partial charge on any atom is 0.222 e. The van der Waals surface area contributed by atoms with Gasteiger partial charge in [-0.05, 0) is 5.92 Å². The number of amides is 2. The van der Waals surface area contributed by atoms with Gasteiger partial charge in [-0.15, -0.1) is 0 Å². The van der Waals surface area contributed by atoms with E-state index in [1.165, 1.54) is 10.6 Å². The van der Waals surface area contributed by atoms with Gasteiger partial charge >= 0.3 is 0 Å².